The van der Waals surface area contributed by atoms with Crippen LogP contribution in [0.5, 0.6) is 0 Å². The molecule has 23 heavy (non-hydrogen) atoms. The number of piperidine rings is 1. The number of aromatic nitrogens is 2. The van der Waals surface area contributed by atoms with E-state index in [9.17, 15) is 4.79 Å². The lowest BCUT2D eigenvalue weighted by atomic mass is 9.88. The molecule has 1 aliphatic carbocycles. The first-order valence-corrected chi connectivity index (χ1v) is 8.67. The number of anilines is 1. The molecule has 0 radical (unpaired) electrons. The second-order valence-corrected chi connectivity index (χ2v) is 7.20. The van der Waals surface area contributed by atoms with Gasteiger partial charge in [0.25, 0.3) is 0 Å². The average molecular weight is 316 g/mol. The summed E-state index contributed by atoms with van der Waals surface area (Å²) in [4.78, 5) is 22.8. The minimum absolute atomic E-state index is 0.169. The van der Waals surface area contributed by atoms with Crippen molar-refractivity contribution in [3.05, 3.63) is 18.6 Å². The Morgan fingerprint density at radius 2 is 2.35 bits per heavy atom. The van der Waals surface area contributed by atoms with Gasteiger partial charge < -0.3 is 15.0 Å². The van der Waals surface area contributed by atoms with Crippen LogP contribution in [0.3, 0.4) is 0 Å². The van der Waals surface area contributed by atoms with E-state index in [1.165, 1.54) is 12.8 Å². The molecule has 2 unspecified atom stereocenters. The molecule has 1 saturated carbocycles. The maximum absolute atomic E-state index is 12.4. The van der Waals surface area contributed by atoms with Crippen LogP contribution >= 0.6 is 0 Å². The minimum Gasteiger partial charge on any atom is -0.371 e. The predicted molar refractivity (Wildman–Crippen MR) is 85.9 cm³/mol. The number of carbonyl (C=O) groups is 1. The summed E-state index contributed by atoms with van der Waals surface area (Å²) in [5, 5.41) is 3.40. The second kappa shape index (κ2) is 6.07. The first-order valence-electron chi connectivity index (χ1n) is 8.67. The van der Waals surface area contributed by atoms with Crippen LogP contribution in [0.15, 0.2) is 18.6 Å². The third-order valence-electron chi connectivity index (χ3n) is 5.18. The fourth-order valence-corrected chi connectivity index (χ4v) is 3.81. The number of nitrogens with one attached hydrogen (secondary N) is 1. The molecule has 3 fully saturated rings. The van der Waals surface area contributed by atoms with E-state index >= 15 is 0 Å². The first-order chi connectivity index (χ1) is 11.2. The highest BCUT2D eigenvalue weighted by Crippen LogP contribution is 2.37. The van der Waals surface area contributed by atoms with Crippen LogP contribution in [0.25, 0.3) is 0 Å². The molecule has 1 aromatic rings. The highest BCUT2D eigenvalue weighted by Gasteiger charge is 2.44. The topological polar surface area (TPSA) is 67.4 Å². The molecule has 6 nitrogen and oxygen atoms in total. The van der Waals surface area contributed by atoms with Gasteiger partial charge in [0.1, 0.15) is 5.82 Å². The van der Waals surface area contributed by atoms with Crippen molar-refractivity contribution in [3.63, 3.8) is 0 Å². The molecule has 0 bridgehead atoms. The van der Waals surface area contributed by atoms with Crippen molar-refractivity contribution in [2.45, 2.75) is 50.2 Å². The SMILES string of the molecule is O=C(CC1CC1)N1CCCC2(CC(Nc3cnccn3)CO2)C1. The van der Waals surface area contributed by atoms with E-state index in [4.69, 9.17) is 4.74 Å². The van der Waals surface area contributed by atoms with Gasteiger partial charge in [-0.3, -0.25) is 9.78 Å². The van der Waals surface area contributed by atoms with Gasteiger partial charge >= 0.3 is 0 Å². The van der Waals surface area contributed by atoms with Crippen LogP contribution in [0.4, 0.5) is 5.82 Å². The van der Waals surface area contributed by atoms with Crippen molar-refractivity contribution in [2.75, 3.05) is 25.0 Å². The number of ether oxygens (including phenoxy) is 1. The van der Waals surface area contributed by atoms with Crippen LogP contribution in [0.1, 0.15) is 38.5 Å². The Labute approximate surface area is 136 Å². The second-order valence-electron chi connectivity index (χ2n) is 7.20. The average Bonchev–Trinajstić information content (AvgIpc) is 3.31. The standard InChI is InChI=1S/C17H24N4O2/c22-16(8-13-2-3-13)21-7-1-4-17(12-21)9-14(11-23-17)20-15-10-18-5-6-19-15/h5-6,10,13-14H,1-4,7-9,11-12H2,(H,19,20). The molecule has 1 amide bonds. The van der Waals surface area contributed by atoms with Crippen LogP contribution in [0.2, 0.25) is 0 Å². The molecule has 1 aromatic heterocycles. The monoisotopic (exact) mass is 316 g/mol. The zero-order valence-electron chi connectivity index (χ0n) is 13.4. The predicted octanol–water partition coefficient (Wildman–Crippen LogP) is 1.84. The van der Waals surface area contributed by atoms with Crippen LogP contribution < -0.4 is 5.32 Å². The Morgan fingerprint density at radius 1 is 1.43 bits per heavy atom. The van der Waals surface area contributed by atoms with E-state index in [-0.39, 0.29) is 11.6 Å². The van der Waals surface area contributed by atoms with E-state index in [2.05, 4.69) is 15.3 Å². The normalized spacial score (nSPS) is 30.6. The van der Waals surface area contributed by atoms with Crippen molar-refractivity contribution in [1.29, 1.82) is 0 Å². The highest BCUT2D eigenvalue weighted by molar-refractivity contribution is 5.77. The lowest BCUT2D eigenvalue weighted by Gasteiger charge is -2.39. The molecule has 1 N–H and O–H groups in total. The van der Waals surface area contributed by atoms with Gasteiger partial charge in [0.05, 0.1) is 24.4 Å². The maximum Gasteiger partial charge on any atom is 0.222 e. The van der Waals surface area contributed by atoms with E-state index in [1.54, 1.807) is 18.6 Å². The van der Waals surface area contributed by atoms with Gasteiger partial charge in [0.15, 0.2) is 0 Å². The van der Waals surface area contributed by atoms with Gasteiger partial charge in [-0.1, -0.05) is 0 Å². The van der Waals surface area contributed by atoms with E-state index < -0.39 is 0 Å². The third-order valence-corrected chi connectivity index (χ3v) is 5.18. The van der Waals surface area contributed by atoms with Crippen molar-refractivity contribution in [3.8, 4) is 0 Å². The Morgan fingerprint density at radius 3 is 3.13 bits per heavy atom. The summed E-state index contributed by atoms with van der Waals surface area (Å²) in [5.41, 5.74) is -0.169. The zero-order chi connectivity index (χ0) is 15.7. The number of likely N-dealkylation sites (tertiary alicyclic amines) is 1. The van der Waals surface area contributed by atoms with E-state index in [0.717, 1.165) is 44.6 Å². The van der Waals surface area contributed by atoms with Gasteiger partial charge in [-0.2, -0.15) is 0 Å². The first kappa shape index (κ1) is 14.9. The summed E-state index contributed by atoms with van der Waals surface area (Å²) in [5.74, 6) is 1.76. The Kier molecular flexibility index (Phi) is 3.93. The van der Waals surface area contributed by atoms with Crippen molar-refractivity contribution in [2.24, 2.45) is 5.92 Å². The number of carbonyl (C=O) groups excluding carboxylic acids is 1. The minimum atomic E-state index is -0.169. The smallest absolute Gasteiger partial charge is 0.222 e. The fourth-order valence-electron chi connectivity index (χ4n) is 3.81. The number of amides is 1. The molecular formula is C17H24N4O2. The Balaban J connectivity index is 1.35. The molecule has 6 heteroatoms. The van der Waals surface area contributed by atoms with Crippen molar-refractivity contribution >= 4 is 11.7 Å². The summed E-state index contributed by atoms with van der Waals surface area (Å²) in [6.07, 6.45) is 11.3. The molecule has 4 rings (SSSR count). The fraction of sp³-hybridized carbons (Fsp3) is 0.706. The lowest BCUT2D eigenvalue weighted by Crippen LogP contribution is -2.50. The van der Waals surface area contributed by atoms with Crippen LogP contribution in [0, 0.1) is 5.92 Å². The van der Waals surface area contributed by atoms with Gasteiger partial charge in [-0.05, 0) is 31.6 Å². The molecule has 3 heterocycles. The van der Waals surface area contributed by atoms with Gasteiger partial charge in [0, 0.05) is 38.3 Å². The quantitative estimate of drug-likeness (QED) is 0.918. The summed E-state index contributed by atoms with van der Waals surface area (Å²) in [6, 6.07) is 0.241. The maximum atomic E-state index is 12.4. The molecule has 2 aliphatic heterocycles. The molecule has 3 aliphatic rings. The molecule has 1 spiro atoms. The summed E-state index contributed by atoms with van der Waals surface area (Å²) >= 11 is 0. The summed E-state index contributed by atoms with van der Waals surface area (Å²) in [6.45, 7) is 2.30. The van der Waals surface area contributed by atoms with Gasteiger partial charge in [0.2, 0.25) is 5.91 Å². The molecule has 124 valence electrons. The van der Waals surface area contributed by atoms with Crippen LogP contribution in [-0.4, -0.2) is 52.1 Å². The van der Waals surface area contributed by atoms with E-state index in [1.807, 2.05) is 4.90 Å². The highest BCUT2D eigenvalue weighted by atomic mass is 16.5. The molecular weight excluding hydrogens is 292 g/mol. The van der Waals surface area contributed by atoms with Crippen LogP contribution in [-0.2, 0) is 9.53 Å². The Bertz CT molecular complexity index is 563. The largest absolute Gasteiger partial charge is 0.371 e. The lowest BCUT2D eigenvalue weighted by molar-refractivity contribution is -0.139. The molecule has 2 atom stereocenters. The van der Waals surface area contributed by atoms with Crippen molar-refractivity contribution < 1.29 is 9.53 Å². The van der Waals surface area contributed by atoms with E-state index in [0.29, 0.717) is 18.4 Å². The number of hydrogen-bond donors (Lipinski definition) is 1. The summed E-state index contributed by atoms with van der Waals surface area (Å²) < 4.78 is 6.16. The molecule has 0 aromatic carbocycles. The van der Waals surface area contributed by atoms with Crippen molar-refractivity contribution in [1.82, 2.24) is 14.9 Å². The van der Waals surface area contributed by atoms with Gasteiger partial charge in [-0.25, -0.2) is 4.98 Å². The Hall–Kier alpha value is -1.69. The molecule has 2 saturated heterocycles. The number of hydrogen-bond acceptors (Lipinski definition) is 5. The summed E-state index contributed by atoms with van der Waals surface area (Å²) in [7, 11) is 0. The third kappa shape index (κ3) is 3.47. The zero-order valence-corrected chi connectivity index (χ0v) is 13.4. The number of rotatable bonds is 4. The van der Waals surface area contributed by atoms with Gasteiger partial charge in [-0.15, -0.1) is 0 Å². The number of nitrogens with zero attached hydrogens (tertiary/aromatic N) is 3.